The van der Waals surface area contributed by atoms with Crippen molar-refractivity contribution >= 4 is 8.80 Å². The van der Waals surface area contributed by atoms with Gasteiger partial charge in [-0.1, -0.05) is 13.3 Å². The Bertz CT molecular complexity index is 119. The Morgan fingerprint density at radius 2 is 1.12 bits per heavy atom. The van der Waals surface area contributed by atoms with E-state index < -0.39 is 8.80 Å². The third-order valence-electron chi connectivity index (χ3n) is 1.82. The van der Waals surface area contributed by atoms with Gasteiger partial charge in [-0.3, -0.25) is 0 Å². The SMILES string of the molecule is CCC[Si](OCC)(OCC)OCC.NCCN. The molecule has 106 valence electrons. The fraction of sp³-hybridized carbons (Fsp3) is 1.00. The molecule has 5 nitrogen and oxygen atoms in total. The standard InChI is InChI=1S/C9H22O3Si.C2H8N2/c1-5-9-13(10-6-2,11-7-3)12-8-4;3-1-2-4/h5-9H2,1-4H3;1-4H2. The molecule has 0 aromatic heterocycles. The van der Waals surface area contributed by atoms with Crippen LogP contribution < -0.4 is 11.5 Å². The minimum Gasteiger partial charge on any atom is -0.374 e. The van der Waals surface area contributed by atoms with Crippen LogP contribution in [0.3, 0.4) is 0 Å². The van der Waals surface area contributed by atoms with Crippen molar-refractivity contribution < 1.29 is 13.3 Å². The summed E-state index contributed by atoms with van der Waals surface area (Å²) in [7, 11) is -2.30. The van der Waals surface area contributed by atoms with E-state index in [0.717, 1.165) is 12.5 Å². The van der Waals surface area contributed by atoms with Crippen LogP contribution in [0.25, 0.3) is 0 Å². The third kappa shape index (κ3) is 10.9. The van der Waals surface area contributed by atoms with Crippen LogP contribution in [0.2, 0.25) is 6.04 Å². The summed E-state index contributed by atoms with van der Waals surface area (Å²) in [5.41, 5.74) is 9.81. The zero-order chi connectivity index (χ0) is 13.6. The summed E-state index contributed by atoms with van der Waals surface area (Å²) >= 11 is 0. The summed E-state index contributed by atoms with van der Waals surface area (Å²) in [4.78, 5) is 0. The molecule has 0 amide bonds. The Kier molecular flexibility index (Phi) is 16.0. The van der Waals surface area contributed by atoms with Gasteiger partial charge in [-0.15, -0.1) is 0 Å². The lowest BCUT2D eigenvalue weighted by atomic mass is 10.6. The summed E-state index contributed by atoms with van der Waals surface area (Å²) in [6.45, 7) is 11.3. The Morgan fingerprint density at radius 3 is 1.29 bits per heavy atom. The van der Waals surface area contributed by atoms with Gasteiger partial charge in [0.15, 0.2) is 0 Å². The number of hydrogen-bond donors (Lipinski definition) is 2. The average Bonchev–Trinajstić information content (AvgIpc) is 2.31. The second kappa shape index (κ2) is 14.1. The Balaban J connectivity index is 0. The highest BCUT2D eigenvalue weighted by molar-refractivity contribution is 6.60. The van der Waals surface area contributed by atoms with Crippen LogP contribution in [0.1, 0.15) is 34.1 Å². The number of nitrogens with two attached hydrogens (primary N) is 2. The van der Waals surface area contributed by atoms with Crippen molar-refractivity contribution in [3.05, 3.63) is 0 Å². The van der Waals surface area contributed by atoms with Gasteiger partial charge in [-0.2, -0.15) is 0 Å². The van der Waals surface area contributed by atoms with Gasteiger partial charge < -0.3 is 24.7 Å². The van der Waals surface area contributed by atoms with Gasteiger partial charge in [0, 0.05) is 39.0 Å². The van der Waals surface area contributed by atoms with E-state index >= 15 is 0 Å². The molecule has 0 aliphatic rings. The summed E-state index contributed by atoms with van der Waals surface area (Å²) in [5, 5.41) is 0. The normalized spacial score (nSPS) is 10.9. The van der Waals surface area contributed by atoms with Gasteiger partial charge in [0.25, 0.3) is 0 Å². The first-order valence-electron chi connectivity index (χ1n) is 6.48. The average molecular weight is 266 g/mol. The lowest BCUT2D eigenvalue weighted by Gasteiger charge is -2.27. The Labute approximate surface area is 107 Å². The molecule has 0 atom stereocenters. The zero-order valence-electron chi connectivity index (χ0n) is 11.8. The first-order valence-corrected chi connectivity index (χ1v) is 8.41. The largest absolute Gasteiger partial charge is 0.500 e. The van der Waals surface area contributed by atoms with Gasteiger partial charge >= 0.3 is 8.80 Å². The molecular formula is C11H30N2O3Si. The van der Waals surface area contributed by atoms with Gasteiger partial charge in [0.05, 0.1) is 0 Å². The molecule has 17 heavy (non-hydrogen) atoms. The Hall–Kier alpha value is 0.0169. The van der Waals surface area contributed by atoms with Gasteiger partial charge in [-0.25, -0.2) is 0 Å². The van der Waals surface area contributed by atoms with E-state index in [1.807, 2.05) is 20.8 Å². The van der Waals surface area contributed by atoms with Crippen molar-refractivity contribution in [2.24, 2.45) is 11.5 Å². The maximum atomic E-state index is 5.65. The second-order valence-corrected chi connectivity index (χ2v) is 6.04. The predicted octanol–water partition coefficient (Wildman–Crippen LogP) is 1.35. The molecule has 0 aromatic carbocycles. The zero-order valence-corrected chi connectivity index (χ0v) is 12.8. The summed E-state index contributed by atoms with van der Waals surface area (Å²) in [5.74, 6) is 0. The molecule has 4 N–H and O–H groups in total. The minimum atomic E-state index is -2.30. The molecule has 0 heterocycles. The molecule has 0 aromatic rings. The molecule has 0 saturated heterocycles. The number of hydrogen-bond acceptors (Lipinski definition) is 5. The van der Waals surface area contributed by atoms with Crippen molar-refractivity contribution in [3.8, 4) is 0 Å². The highest BCUT2D eigenvalue weighted by Crippen LogP contribution is 2.17. The van der Waals surface area contributed by atoms with Crippen LogP contribution in [0.15, 0.2) is 0 Å². The van der Waals surface area contributed by atoms with Crippen LogP contribution >= 0.6 is 0 Å². The van der Waals surface area contributed by atoms with Crippen LogP contribution in [-0.2, 0) is 13.3 Å². The smallest absolute Gasteiger partial charge is 0.374 e. The van der Waals surface area contributed by atoms with Crippen molar-refractivity contribution in [3.63, 3.8) is 0 Å². The van der Waals surface area contributed by atoms with Gasteiger partial charge in [0.1, 0.15) is 0 Å². The summed E-state index contributed by atoms with van der Waals surface area (Å²) in [6, 6.07) is 0.919. The molecule has 0 aliphatic heterocycles. The number of rotatable bonds is 9. The molecule has 0 radical (unpaired) electrons. The van der Waals surface area contributed by atoms with Crippen LogP contribution in [0.4, 0.5) is 0 Å². The van der Waals surface area contributed by atoms with Crippen molar-refractivity contribution in [1.82, 2.24) is 0 Å². The van der Waals surface area contributed by atoms with E-state index in [-0.39, 0.29) is 0 Å². The molecule has 0 unspecified atom stereocenters. The van der Waals surface area contributed by atoms with Crippen LogP contribution in [0.5, 0.6) is 0 Å². The first kappa shape index (κ1) is 19.4. The molecule has 0 rings (SSSR count). The predicted molar refractivity (Wildman–Crippen MR) is 73.8 cm³/mol. The third-order valence-corrected chi connectivity index (χ3v) is 5.11. The van der Waals surface area contributed by atoms with E-state index in [1.54, 1.807) is 0 Å². The van der Waals surface area contributed by atoms with Gasteiger partial charge in [0.2, 0.25) is 0 Å². The fourth-order valence-electron chi connectivity index (χ4n) is 1.31. The molecule has 0 aliphatic carbocycles. The topological polar surface area (TPSA) is 79.7 Å². The maximum Gasteiger partial charge on any atom is 0.500 e. The highest BCUT2D eigenvalue weighted by atomic mass is 28.4. The van der Waals surface area contributed by atoms with Crippen molar-refractivity contribution in [2.75, 3.05) is 32.9 Å². The summed E-state index contributed by atoms with van der Waals surface area (Å²) < 4.78 is 16.9. The monoisotopic (exact) mass is 266 g/mol. The maximum absolute atomic E-state index is 5.65. The van der Waals surface area contributed by atoms with E-state index in [2.05, 4.69) is 6.92 Å². The molecule has 0 bridgehead atoms. The molecule has 0 saturated carbocycles. The van der Waals surface area contributed by atoms with Crippen LogP contribution in [0, 0.1) is 0 Å². The Morgan fingerprint density at radius 1 is 0.765 bits per heavy atom. The molecule has 6 heteroatoms. The van der Waals surface area contributed by atoms with E-state index in [0.29, 0.717) is 32.9 Å². The minimum absolute atomic E-state index is 0.597. The lowest BCUT2D eigenvalue weighted by molar-refractivity contribution is 0.0712. The van der Waals surface area contributed by atoms with Crippen molar-refractivity contribution in [1.29, 1.82) is 0 Å². The first-order chi connectivity index (χ1) is 8.16. The van der Waals surface area contributed by atoms with E-state index in [9.17, 15) is 0 Å². The summed E-state index contributed by atoms with van der Waals surface area (Å²) in [6.07, 6.45) is 1.05. The quantitative estimate of drug-likeness (QED) is 0.616. The van der Waals surface area contributed by atoms with E-state index in [4.69, 9.17) is 24.7 Å². The second-order valence-electron chi connectivity index (χ2n) is 3.31. The van der Waals surface area contributed by atoms with Crippen molar-refractivity contribution in [2.45, 2.75) is 40.2 Å². The molecular weight excluding hydrogens is 236 g/mol. The molecule has 0 fully saturated rings. The lowest BCUT2D eigenvalue weighted by Crippen LogP contribution is -2.45. The van der Waals surface area contributed by atoms with Crippen LogP contribution in [-0.4, -0.2) is 41.7 Å². The fourth-order valence-corrected chi connectivity index (χ4v) is 3.92. The van der Waals surface area contributed by atoms with E-state index in [1.165, 1.54) is 0 Å². The molecule has 0 spiro atoms. The highest BCUT2D eigenvalue weighted by Gasteiger charge is 2.38. The van der Waals surface area contributed by atoms with Gasteiger partial charge in [-0.05, 0) is 20.8 Å².